The highest BCUT2D eigenvalue weighted by molar-refractivity contribution is 7.63. The molecule has 1 atom stereocenters. The van der Waals surface area contributed by atoms with Gasteiger partial charge in [-0.3, -0.25) is 4.57 Å². The zero-order valence-corrected chi connectivity index (χ0v) is 7.53. The quantitative estimate of drug-likeness (QED) is 0.500. The number of H-pyrrole nitrogens is 1. The lowest BCUT2D eigenvalue weighted by atomic mass is 11.0. The lowest BCUT2D eigenvalue weighted by Gasteiger charge is -1.93. The van der Waals surface area contributed by atoms with E-state index in [1.165, 1.54) is 0 Å². The van der Waals surface area contributed by atoms with Crippen LogP contribution >= 0.6 is 7.37 Å². The Kier molecular flexibility index (Phi) is 5.02. The summed E-state index contributed by atoms with van der Waals surface area (Å²) in [5, 5.41) is 9.33. The van der Waals surface area contributed by atoms with Gasteiger partial charge in [0.05, 0.1) is 12.4 Å². The van der Waals surface area contributed by atoms with Crippen LogP contribution in [-0.2, 0) is 4.57 Å². The molecule has 0 bridgehead atoms. The van der Waals surface area contributed by atoms with Gasteiger partial charge in [-0.2, -0.15) is 15.4 Å². The molecular formula is C6H10N3O2P. The van der Waals surface area contributed by atoms with Crippen LogP contribution in [0, 0.1) is 12.1 Å². The van der Waals surface area contributed by atoms with Crippen LogP contribution in [0.5, 0.6) is 0 Å². The first-order chi connectivity index (χ1) is 5.62. The van der Waals surface area contributed by atoms with E-state index in [-0.39, 0.29) is 6.16 Å². The molecule has 0 saturated heterocycles. The fourth-order valence-corrected chi connectivity index (χ4v) is 0.441. The minimum atomic E-state index is -3.13. The molecule has 1 heterocycles. The van der Waals surface area contributed by atoms with E-state index < -0.39 is 7.37 Å². The maximum atomic E-state index is 10.3. The third-order valence-corrected chi connectivity index (χ3v) is 2.22. The summed E-state index contributed by atoms with van der Waals surface area (Å²) >= 11 is 0. The van der Waals surface area contributed by atoms with Gasteiger partial charge in [0, 0.05) is 6.16 Å². The van der Waals surface area contributed by atoms with Gasteiger partial charge >= 0.3 is 0 Å². The molecule has 0 aromatic carbocycles. The first-order valence-electron chi connectivity index (χ1n) is 3.22. The Balaban J connectivity index is 0.000000211. The molecule has 0 fully saturated rings. The van der Waals surface area contributed by atoms with Gasteiger partial charge in [-0.25, -0.2) is 0 Å². The molecule has 6 heteroatoms. The van der Waals surface area contributed by atoms with E-state index in [4.69, 9.17) is 4.89 Å². The van der Waals surface area contributed by atoms with Gasteiger partial charge in [-0.1, -0.05) is 6.92 Å². The molecule has 1 unspecified atom stereocenters. The van der Waals surface area contributed by atoms with Crippen LogP contribution in [0.1, 0.15) is 6.92 Å². The van der Waals surface area contributed by atoms with Crippen molar-refractivity contribution in [2.24, 2.45) is 0 Å². The second kappa shape index (κ2) is 5.53. The summed E-state index contributed by atoms with van der Waals surface area (Å²) in [5.74, 6) is 0. The summed E-state index contributed by atoms with van der Waals surface area (Å²) < 4.78 is 10.3. The average molecular weight is 187 g/mol. The van der Waals surface area contributed by atoms with Gasteiger partial charge in [0.2, 0.25) is 0 Å². The van der Waals surface area contributed by atoms with Crippen molar-refractivity contribution in [3.8, 4) is 12.1 Å². The Hall–Kier alpha value is -1.11. The number of rotatable bonds is 1. The molecule has 0 radical (unpaired) electrons. The number of nitrogens with one attached hydrogen (secondary N) is 1. The van der Waals surface area contributed by atoms with Gasteiger partial charge in [0.15, 0.2) is 0 Å². The maximum absolute atomic E-state index is 10.3. The monoisotopic (exact) mass is 187 g/mol. The highest BCUT2D eigenvalue weighted by Gasteiger charge is 2.07. The molecule has 1 aromatic rings. The molecule has 2 N–H and O–H groups in total. The molecule has 0 aliphatic heterocycles. The van der Waals surface area contributed by atoms with Crippen LogP contribution in [0.3, 0.4) is 0 Å². The zero-order valence-electron chi connectivity index (χ0n) is 6.64. The van der Waals surface area contributed by atoms with Crippen molar-refractivity contribution in [1.82, 2.24) is 15.4 Å². The third-order valence-electron chi connectivity index (χ3n) is 0.962. The van der Waals surface area contributed by atoms with Gasteiger partial charge in [0.25, 0.3) is 7.37 Å². The number of hydrogen-bond donors (Lipinski definition) is 2. The average Bonchev–Trinajstić information content (AvgIpc) is 2.62. The first kappa shape index (κ1) is 10.9. The normalized spacial score (nSPS) is 13.4. The van der Waals surface area contributed by atoms with E-state index in [1.807, 2.05) is 0 Å². The molecule has 1 rings (SSSR count). The fraction of sp³-hybridized carbons (Fsp3) is 0.333. The summed E-state index contributed by atoms with van der Waals surface area (Å²) in [6.45, 7) is 1.58. The number of hydrogen-bond acceptors (Lipinski definition) is 3. The van der Waals surface area contributed by atoms with E-state index in [0.717, 1.165) is 0 Å². The van der Waals surface area contributed by atoms with Crippen molar-refractivity contribution in [1.29, 1.82) is 0 Å². The molecule has 0 amide bonds. The van der Waals surface area contributed by atoms with Crippen molar-refractivity contribution < 1.29 is 9.46 Å². The Morgan fingerprint density at radius 3 is 2.25 bits per heavy atom. The van der Waals surface area contributed by atoms with Crippen LogP contribution in [0.4, 0.5) is 0 Å². The summed E-state index contributed by atoms with van der Waals surface area (Å²) in [4.78, 5) is 8.45. The summed E-state index contributed by atoms with van der Waals surface area (Å²) in [6, 6.07) is 0. The molecule has 1 aromatic heterocycles. The number of aromatic amines is 1. The Bertz CT molecular complexity index is 260. The molecule has 12 heavy (non-hydrogen) atoms. The van der Waals surface area contributed by atoms with E-state index in [0.29, 0.717) is 0 Å². The van der Waals surface area contributed by atoms with E-state index in [1.54, 1.807) is 25.0 Å². The van der Waals surface area contributed by atoms with Crippen molar-refractivity contribution in [3.05, 3.63) is 12.4 Å². The predicted molar refractivity (Wildman–Crippen MR) is 45.6 cm³/mol. The van der Waals surface area contributed by atoms with Crippen LogP contribution in [0.15, 0.2) is 12.4 Å². The molecule has 0 saturated carbocycles. The van der Waals surface area contributed by atoms with Crippen molar-refractivity contribution in [3.63, 3.8) is 0 Å². The van der Waals surface area contributed by atoms with Crippen LogP contribution < -0.4 is 0 Å². The molecular weight excluding hydrogens is 177 g/mol. The molecule has 0 aliphatic carbocycles. The smallest absolute Gasteiger partial charge is 0.270 e. The maximum Gasteiger partial charge on any atom is 0.270 e. The van der Waals surface area contributed by atoms with Gasteiger partial charge in [0.1, 0.15) is 0 Å². The second-order valence-electron chi connectivity index (χ2n) is 1.80. The van der Waals surface area contributed by atoms with Crippen LogP contribution in [-0.4, -0.2) is 26.5 Å². The number of terminal acetylenes is 1. The second-order valence-corrected chi connectivity index (χ2v) is 4.10. The Morgan fingerprint density at radius 1 is 1.67 bits per heavy atom. The van der Waals surface area contributed by atoms with Crippen LogP contribution in [0.25, 0.3) is 0 Å². The lowest BCUT2D eigenvalue weighted by molar-refractivity contribution is 0.492. The summed E-state index contributed by atoms with van der Waals surface area (Å²) in [7, 11) is -3.13. The Labute approximate surface area is 70.7 Å². The SMILES string of the molecule is C#CP(=O)(O)CC.c1cn[nH]n1. The van der Waals surface area contributed by atoms with Crippen molar-refractivity contribution in [2.45, 2.75) is 6.92 Å². The topological polar surface area (TPSA) is 78.9 Å². The van der Waals surface area contributed by atoms with Crippen LogP contribution in [0.2, 0.25) is 0 Å². The van der Waals surface area contributed by atoms with Gasteiger partial charge in [-0.05, 0) is 5.66 Å². The van der Waals surface area contributed by atoms with E-state index in [2.05, 4.69) is 21.8 Å². The molecule has 0 spiro atoms. The molecule has 66 valence electrons. The Morgan fingerprint density at radius 2 is 2.17 bits per heavy atom. The standard InChI is InChI=1S/C4H7O2P.C2H3N3/c1-3-7(5,6)4-2;1-2-4-5-3-1/h1H,4H2,2H3,(H,5,6);1-2H,(H,3,4,5). The highest BCUT2D eigenvalue weighted by Crippen LogP contribution is 2.36. The fourth-order valence-electron chi connectivity index (χ4n) is 0.258. The largest absolute Gasteiger partial charge is 0.336 e. The van der Waals surface area contributed by atoms with Crippen molar-refractivity contribution in [2.75, 3.05) is 6.16 Å². The summed E-state index contributed by atoms with van der Waals surface area (Å²) in [6.07, 6.45) is 7.99. The first-order valence-corrected chi connectivity index (χ1v) is 5.06. The minimum Gasteiger partial charge on any atom is -0.336 e. The zero-order chi connectivity index (χ0) is 9.45. The van der Waals surface area contributed by atoms with E-state index in [9.17, 15) is 4.57 Å². The molecule has 0 aliphatic rings. The lowest BCUT2D eigenvalue weighted by Crippen LogP contribution is -1.75. The van der Waals surface area contributed by atoms with Gasteiger partial charge < -0.3 is 4.89 Å². The minimum absolute atomic E-state index is 0.170. The molecule has 5 nitrogen and oxygen atoms in total. The summed E-state index contributed by atoms with van der Waals surface area (Å²) in [5.41, 5.74) is 1.80. The highest BCUT2D eigenvalue weighted by atomic mass is 31.2. The van der Waals surface area contributed by atoms with Gasteiger partial charge in [-0.15, -0.1) is 6.42 Å². The van der Waals surface area contributed by atoms with Crippen molar-refractivity contribution >= 4 is 7.37 Å². The number of nitrogens with zero attached hydrogens (tertiary/aromatic N) is 2. The third kappa shape index (κ3) is 5.66. The number of aromatic nitrogens is 3. The predicted octanol–water partition coefficient (Wildman–Crippen LogP) is 0.672. The van der Waals surface area contributed by atoms with E-state index >= 15 is 0 Å².